The van der Waals surface area contributed by atoms with Gasteiger partial charge < -0.3 is 19.5 Å². The lowest BCUT2D eigenvalue weighted by Crippen LogP contribution is -2.30. The van der Waals surface area contributed by atoms with Gasteiger partial charge in [0.05, 0.1) is 30.4 Å². The molecule has 0 saturated carbocycles. The van der Waals surface area contributed by atoms with Crippen molar-refractivity contribution in [2.24, 2.45) is 0 Å². The van der Waals surface area contributed by atoms with Gasteiger partial charge in [-0.2, -0.15) is 0 Å². The van der Waals surface area contributed by atoms with E-state index in [2.05, 4.69) is 20.8 Å². The Morgan fingerprint density at radius 1 is 0.971 bits per heavy atom. The van der Waals surface area contributed by atoms with Crippen LogP contribution in [-0.2, 0) is 9.59 Å². The maximum absolute atomic E-state index is 13.3. The summed E-state index contributed by atoms with van der Waals surface area (Å²) < 4.78 is 11.3. The predicted molar refractivity (Wildman–Crippen MR) is 138 cm³/mol. The lowest BCUT2D eigenvalue weighted by Gasteiger charge is -2.26. The zero-order chi connectivity index (χ0) is 25.5. The van der Waals surface area contributed by atoms with Gasteiger partial charge in [0.2, 0.25) is 0 Å². The molecule has 0 radical (unpaired) electrons. The quantitative estimate of drug-likeness (QED) is 0.179. The van der Waals surface area contributed by atoms with Crippen LogP contribution >= 0.6 is 0 Å². The van der Waals surface area contributed by atoms with Gasteiger partial charge in [-0.15, -0.1) is 0 Å². The van der Waals surface area contributed by atoms with Crippen molar-refractivity contribution in [2.45, 2.75) is 65.8 Å². The first-order valence-corrected chi connectivity index (χ1v) is 12.6. The fourth-order valence-electron chi connectivity index (χ4n) is 4.43. The normalized spacial score (nSPS) is 17.3. The second-order valence-corrected chi connectivity index (χ2v) is 9.04. The van der Waals surface area contributed by atoms with Crippen molar-refractivity contribution in [2.75, 3.05) is 19.8 Å². The summed E-state index contributed by atoms with van der Waals surface area (Å²) in [4.78, 5) is 28.0. The molecule has 1 fully saturated rings. The van der Waals surface area contributed by atoms with Gasteiger partial charge >= 0.3 is 0 Å². The van der Waals surface area contributed by atoms with E-state index in [0.717, 1.165) is 24.8 Å². The molecule has 3 rings (SSSR count). The number of hydrogen-bond donors (Lipinski definition) is 1. The Bertz CT molecular complexity index is 1070. The van der Waals surface area contributed by atoms with Crippen LogP contribution in [0.5, 0.6) is 11.5 Å². The molecule has 1 amide bonds. The summed E-state index contributed by atoms with van der Waals surface area (Å²) >= 11 is 0. The number of carbonyl (C=O) groups is 2. The van der Waals surface area contributed by atoms with Gasteiger partial charge in [0.15, 0.2) is 0 Å². The van der Waals surface area contributed by atoms with Gasteiger partial charge in [0.1, 0.15) is 17.3 Å². The van der Waals surface area contributed by atoms with Crippen molar-refractivity contribution in [1.29, 1.82) is 0 Å². The van der Waals surface area contributed by atoms with Gasteiger partial charge in [0, 0.05) is 12.6 Å². The minimum atomic E-state index is -0.673. The zero-order valence-corrected chi connectivity index (χ0v) is 21.5. The van der Waals surface area contributed by atoms with Crippen molar-refractivity contribution in [3.63, 3.8) is 0 Å². The van der Waals surface area contributed by atoms with Crippen LogP contribution in [0.4, 0.5) is 0 Å². The summed E-state index contributed by atoms with van der Waals surface area (Å²) in [5.74, 6) is -0.114. The summed E-state index contributed by atoms with van der Waals surface area (Å²) in [6.45, 7) is 11.4. The molecule has 1 saturated heterocycles. The molecule has 1 heterocycles. The highest BCUT2D eigenvalue weighted by Crippen LogP contribution is 2.42. The van der Waals surface area contributed by atoms with Crippen LogP contribution in [0.25, 0.3) is 5.76 Å². The van der Waals surface area contributed by atoms with Gasteiger partial charge in [-0.1, -0.05) is 57.9 Å². The zero-order valence-electron chi connectivity index (χ0n) is 21.5. The molecule has 1 atom stereocenters. The maximum atomic E-state index is 13.3. The van der Waals surface area contributed by atoms with Gasteiger partial charge in [-0.25, -0.2) is 0 Å². The summed E-state index contributed by atoms with van der Waals surface area (Å²) in [7, 11) is 0. The molecule has 0 aliphatic carbocycles. The fraction of sp³-hybridized carbons (Fsp3) is 0.448. The van der Waals surface area contributed by atoms with E-state index in [0.29, 0.717) is 42.7 Å². The predicted octanol–water partition coefficient (Wildman–Crippen LogP) is 6.22. The second-order valence-electron chi connectivity index (χ2n) is 9.04. The van der Waals surface area contributed by atoms with Crippen LogP contribution in [0.15, 0.2) is 48.0 Å². The largest absolute Gasteiger partial charge is 0.507 e. The van der Waals surface area contributed by atoms with Crippen LogP contribution in [0.3, 0.4) is 0 Å². The van der Waals surface area contributed by atoms with E-state index in [1.165, 1.54) is 5.56 Å². The molecule has 1 aliphatic heterocycles. The number of aliphatic hydroxyl groups is 1. The van der Waals surface area contributed by atoms with E-state index in [4.69, 9.17) is 9.47 Å². The molecular formula is C29H37NO5. The molecule has 35 heavy (non-hydrogen) atoms. The molecule has 0 spiro atoms. The third kappa shape index (κ3) is 5.69. The molecule has 188 valence electrons. The monoisotopic (exact) mass is 479 g/mol. The van der Waals surface area contributed by atoms with Crippen molar-refractivity contribution < 1.29 is 24.2 Å². The highest BCUT2D eigenvalue weighted by Gasteiger charge is 2.46. The summed E-state index contributed by atoms with van der Waals surface area (Å²) in [6, 6.07) is 12.4. The van der Waals surface area contributed by atoms with Gasteiger partial charge in [0.25, 0.3) is 11.7 Å². The lowest BCUT2D eigenvalue weighted by molar-refractivity contribution is -0.139. The van der Waals surface area contributed by atoms with E-state index in [1.54, 1.807) is 23.1 Å². The number of ketones is 1. The average molecular weight is 480 g/mol. The van der Waals surface area contributed by atoms with Crippen LogP contribution in [0, 0.1) is 0 Å². The number of benzene rings is 2. The Labute approximate surface area is 208 Å². The highest BCUT2D eigenvalue weighted by molar-refractivity contribution is 6.46. The Morgan fingerprint density at radius 3 is 2.26 bits per heavy atom. The fourth-order valence-corrected chi connectivity index (χ4v) is 4.43. The minimum Gasteiger partial charge on any atom is -0.507 e. The van der Waals surface area contributed by atoms with Gasteiger partial charge in [-0.05, 0) is 49.4 Å². The van der Waals surface area contributed by atoms with Crippen LogP contribution in [0.1, 0.15) is 82.5 Å². The standard InChI is InChI=1S/C29H37NO5/c1-6-9-10-17-30-26(21-13-11-20(12-14-21)19(4)5)25(28(32)29(30)33)27(31)23-16-15-22(34-7-2)18-24(23)35-8-3/h11-16,18-19,26,31H,6-10,17H2,1-5H3/b27-25-. The second kappa shape index (κ2) is 11.9. The number of amides is 1. The third-order valence-electron chi connectivity index (χ3n) is 6.28. The first-order chi connectivity index (χ1) is 16.8. The highest BCUT2D eigenvalue weighted by atomic mass is 16.5. The van der Waals surface area contributed by atoms with Crippen molar-refractivity contribution in [1.82, 2.24) is 4.90 Å². The number of ether oxygens (including phenoxy) is 2. The van der Waals surface area contributed by atoms with E-state index in [-0.39, 0.29) is 11.3 Å². The number of rotatable bonds is 11. The lowest BCUT2D eigenvalue weighted by atomic mass is 9.93. The van der Waals surface area contributed by atoms with Gasteiger partial charge in [-0.3, -0.25) is 9.59 Å². The number of hydrogen-bond acceptors (Lipinski definition) is 5. The molecule has 0 aromatic heterocycles. The van der Waals surface area contributed by atoms with Crippen molar-refractivity contribution in [3.05, 3.63) is 64.7 Å². The number of aliphatic hydroxyl groups excluding tert-OH is 1. The summed E-state index contributed by atoms with van der Waals surface area (Å²) in [6.07, 6.45) is 2.74. The Hall–Kier alpha value is -3.28. The summed E-state index contributed by atoms with van der Waals surface area (Å²) in [5, 5.41) is 11.5. The number of unbranched alkanes of at least 4 members (excludes halogenated alkanes) is 2. The molecule has 6 nitrogen and oxygen atoms in total. The molecule has 2 aromatic rings. The van der Waals surface area contributed by atoms with Crippen LogP contribution in [-0.4, -0.2) is 41.5 Å². The topological polar surface area (TPSA) is 76.1 Å². The van der Waals surface area contributed by atoms with Crippen LogP contribution < -0.4 is 9.47 Å². The van der Waals surface area contributed by atoms with Crippen molar-refractivity contribution >= 4 is 17.4 Å². The Morgan fingerprint density at radius 2 is 1.66 bits per heavy atom. The molecular weight excluding hydrogens is 442 g/mol. The molecule has 0 bridgehead atoms. The third-order valence-corrected chi connectivity index (χ3v) is 6.28. The SMILES string of the molecule is CCCCCN1C(=O)C(=O)/C(=C(\O)c2ccc(OCC)cc2OCC)C1c1ccc(C(C)C)cc1. The first kappa shape index (κ1) is 26.3. The van der Waals surface area contributed by atoms with Crippen molar-refractivity contribution in [3.8, 4) is 11.5 Å². The van der Waals surface area contributed by atoms with E-state index in [9.17, 15) is 14.7 Å². The minimum absolute atomic E-state index is 0.0916. The number of nitrogens with zero attached hydrogens (tertiary/aromatic N) is 1. The molecule has 1 N–H and O–H groups in total. The first-order valence-electron chi connectivity index (χ1n) is 12.6. The van der Waals surface area contributed by atoms with E-state index >= 15 is 0 Å². The molecule has 2 aromatic carbocycles. The number of carbonyl (C=O) groups excluding carboxylic acids is 2. The van der Waals surface area contributed by atoms with E-state index < -0.39 is 17.7 Å². The Balaban J connectivity index is 2.15. The average Bonchev–Trinajstić information content (AvgIpc) is 3.09. The smallest absolute Gasteiger partial charge is 0.295 e. The van der Waals surface area contributed by atoms with E-state index in [1.807, 2.05) is 38.1 Å². The number of Topliss-reactive ketones (excluding diaryl/α,β-unsaturated/α-hetero) is 1. The molecule has 6 heteroatoms. The summed E-state index contributed by atoms with van der Waals surface area (Å²) in [5.41, 5.74) is 2.43. The molecule has 1 aliphatic rings. The number of likely N-dealkylation sites (tertiary alicyclic amines) is 1. The maximum Gasteiger partial charge on any atom is 0.295 e. The van der Waals surface area contributed by atoms with Crippen LogP contribution in [0.2, 0.25) is 0 Å². The Kier molecular flexibility index (Phi) is 8.96. The molecule has 1 unspecified atom stereocenters.